The number of nitrogens with one attached hydrogen (secondary N) is 2. The molecule has 14 heteroatoms. The third kappa shape index (κ3) is 17.6. The fourth-order valence-electron chi connectivity index (χ4n) is 4.32. The lowest BCUT2D eigenvalue weighted by Crippen LogP contribution is -2.49. The molecule has 3 heterocycles. The second kappa shape index (κ2) is 19.0. The van der Waals surface area contributed by atoms with E-state index in [0.29, 0.717) is 17.7 Å². The van der Waals surface area contributed by atoms with Crippen molar-refractivity contribution in [3.05, 3.63) is 40.2 Å². The van der Waals surface area contributed by atoms with Gasteiger partial charge in [-0.3, -0.25) is 0 Å². The summed E-state index contributed by atoms with van der Waals surface area (Å²) in [6.45, 7) is 12.8. The van der Waals surface area contributed by atoms with E-state index in [-0.39, 0.29) is 36.2 Å². The molecule has 0 radical (unpaired) electrons. The Morgan fingerprint density at radius 2 is 1.27 bits per heavy atom. The number of anilines is 1. The van der Waals surface area contributed by atoms with Gasteiger partial charge in [0.1, 0.15) is 22.2 Å². The summed E-state index contributed by atoms with van der Waals surface area (Å²) in [7, 11) is 0. The Hall–Kier alpha value is -2.63. The largest absolute Gasteiger partial charge is 0.444 e. The topological polar surface area (TPSA) is 131 Å². The monoisotopic (exact) mass is 675 g/mol. The highest BCUT2D eigenvalue weighted by molar-refractivity contribution is 6.31. The lowest BCUT2D eigenvalue weighted by molar-refractivity contribution is 0.0484. The summed E-state index contributed by atoms with van der Waals surface area (Å²) in [6.07, 6.45) is 10.3. The third-order valence-electron chi connectivity index (χ3n) is 6.00. The second-order valence-corrected chi connectivity index (χ2v) is 13.3. The maximum absolute atomic E-state index is 11.8. The first-order chi connectivity index (χ1) is 20.1. The first-order valence-corrected chi connectivity index (χ1v) is 15.6. The van der Waals surface area contributed by atoms with Crippen molar-refractivity contribution in [1.82, 2.24) is 30.6 Å². The minimum atomic E-state index is -0.487. The number of hydrogen-bond donors (Lipinski definition) is 2. The quantitative estimate of drug-likeness (QED) is 0.246. The van der Waals surface area contributed by atoms with E-state index in [9.17, 15) is 9.59 Å². The van der Waals surface area contributed by atoms with Crippen LogP contribution in [0, 0.1) is 0 Å². The van der Waals surface area contributed by atoms with Crippen LogP contribution in [-0.2, 0) is 9.47 Å². The van der Waals surface area contributed by atoms with Gasteiger partial charge >= 0.3 is 12.2 Å². The van der Waals surface area contributed by atoms with Crippen LogP contribution in [0.15, 0.2) is 24.5 Å². The highest BCUT2D eigenvalue weighted by Gasteiger charge is 2.25. The molecule has 11 nitrogen and oxygen atoms in total. The molecule has 2 aromatic rings. The average molecular weight is 677 g/mol. The molecule has 248 valence electrons. The molecule has 1 saturated heterocycles. The number of alkyl carbamates (subject to hydrolysis) is 2. The summed E-state index contributed by atoms with van der Waals surface area (Å²) in [5, 5.41) is 6.60. The number of hydrogen-bond acceptors (Lipinski definition) is 9. The number of piperidine rings is 1. The molecule has 1 unspecified atom stereocenters. The van der Waals surface area contributed by atoms with Crippen LogP contribution in [0.2, 0.25) is 15.7 Å². The SMILES string of the molecule is C.CC(C)(C)OC(=O)NC1CCCCC1.CC(C)(C)OC(=O)NC1CCCN(c2ccnc(Cl)n2)C1.Clc1ccnc(Cl)n1. The first kappa shape index (κ1) is 39.4. The molecule has 0 aromatic carbocycles. The molecule has 1 aliphatic heterocycles. The van der Waals surface area contributed by atoms with Crippen LogP contribution in [-0.4, -0.2) is 68.5 Å². The van der Waals surface area contributed by atoms with Crippen LogP contribution in [0.1, 0.15) is 93.9 Å². The minimum Gasteiger partial charge on any atom is -0.444 e. The zero-order valence-corrected chi connectivity index (χ0v) is 28.1. The molecular formula is C30H48Cl3N7O4. The van der Waals surface area contributed by atoms with E-state index in [0.717, 1.165) is 38.0 Å². The Morgan fingerprint density at radius 1 is 0.773 bits per heavy atom. The van der Waals surface area contributed by atoms with Crippen LogP contribution >= 0.6 is 34.8 Å². The Bertz CT molecular complexity index is 1140. The molecule has 2 amide bonds. The number of aromatic nitrogens is 4. The van der Waals surface area contributed by atoms with Crippen molar-refractivity contribution in [3.8, 4) is 0 Å². The number of carbonyl (C=O) groups excluding carboxylic acids is 2. The summed E-state index contributed by atoms with van der Waals surface area (Å²) in [5.74, 6) is 0.783. The number of amides is 2. The number of rotatable bonds is 3. The molecule has 2 aliphatic rings. The Kier molecular flexibility index (Phi) is 17.0. The van der Waals surface area contributed by atoms with Gasteiger partial charge in [-0.15, -0.1) is 0 Å². The van der Waals surface area contributed by atoms with Gasteiger partial charge in [0.05, 0.1) is 0 Å². The lowest BCUT2D eigenvalue weighted by atomic mass is 9.96. The molecular weight excluding hydrogens is 629 g/mol. The van der Waals surface area contributed by atoms with Crippen LogP contribution in [0.25, 0.3) is 0 Å². The van der Waals surface area contributed by atoms with Crippen molar-refractivity contribution in [2.75, 3.05) is 18.0 Å². The van der Waals surface area contributed by atoms with Crippen molar-refractivity contribution in [1.29, 1.82) is 0 Å². The van der Waals surface area contributed by atoms with Crippen molar-refractivity contribution in [2.45, 2.75) is 117 Å². The zero-order chi connectivity index (χ0) is 32.0. The Morgan fingerprint density at radius 3 is 1.75 bits per heavy atom. The summed E-state index contributed by atoms with van der Waals surface area (Å²) in [5.41, 5.74) is -0.878. The van der Waals surface area contributed by atoms with Crippen LogP contribution in [0.3, 0.4) is 0 Å². The van der Waals surface area contributed by atoms with Gasteiger partial charge in [0, 0.05) is 37.6 Å². The highest BCUT2D eigenvalue weighted by atomic mass is 35.5. The van der Waals surface area contributed by atoms with Gasteiger partial charge < -0.3 is 25.0 Å². The average Bonchev–Trinajstić information content (AvgIpc) is 2.88. The van der Waals surface area contributed by atoms with Crippen molar-refractivity contribution >= 4 is 52.8 Å². The Balaban J connectivity index is 0.000000362. The highest BCUT2D eigenvalue weighted by Crippen LogP contribution is 2.20. The Labute approximate surface area is 277 Å². The zero-order valence-electron chi connectivity index (χ0n) is 25.8. The van der Waals surface area contributed by atoms with Crippen LogP contribution < -0.4 is 15.5 Å². The van der Waals surface area contributed by atoms with E-state index in [4.69, 9.17) is 44.3 Å². The van der Waals surface area contributed by atoms with Gasteiger partial charge in [0.25, 0.3) is 0 Å². The predicted molar refractivity (Wildman–Crippen MR) is 177 cm³/mol. The number of ether oxygens (including phenoxy) is 2. The summed E-state index contributed by atoms with van der Waals surface area (Å²) in [4.78, 5) is 40.6. The maximum atomic E-state index is 11.8. The van der Waals surface area contributed by atoms with E-state index in [1.165, 1.54) is 25.5 Å². The minimum absolute atomic E-state index is 0. The fraction of sp³-hybridized carbons (Fsp3) is 0.667. The predicted octanol–water partition coefficient (Wildman–Crippen LogP) is 7.89. The maximum Gasteiger partial charge on any atom is 0.407 e. The van der Waals surface area contributed by atoms with Gasteiger partial charge in [0.15, 0.2) is 0 Å². The number of carbonyl (C=O) groups is 2. The normalized spacial score (nSPS) is 16.9. The van der Waals surface area contributed by atoms with Crippen LogP contribution in [0.5, 0.6) is 0 Å². The van der Waals surface area contributed by atoms with Gasteiger partial charge in [-0.1, -0.05) is 38.3 Å². The van der Waals surface area contributed by atoms with Gasteiger partial charge in [-0.2, -0.15) is 0 Å². The van der Waals surface area contributed by atoms with Gasteiger partial charge in [0.2, 0.25) is 10.6 Å². The molecule has 0 bridgehead atoms. The molecule has 0 spiro atoms. The molecule has 1 atom stereocenters. The molecule has 1 aliphatic carbocycles. The van der Waals surface area contributed by atoms with Gasteiger partial charge in [-0.25, -0.2) is 29.5 Å². The second-order valence-electron chi connectivity index (χ2n) is 12.2. The molecule has 1 saturated carbocycles. The smallest absolute Gasteiger partial charge is 0.407 e. The fourth-order valence-corrected chi connectivity index (χ4v) is 4.79. The molecule has 2 N–H and O–H groups in total. The van der Waals surface area contributed by atoms with Crippen molar-refractivity contribution in [3.63, 3.8) is 0 Å². The van der Waals surface area contributed by atoms with Gasteiger partial charge in [-0.05, 0) is 103 Å². The molecule has 44 heavy (non-hydrogen) atoms. The summed E-state index contributed by atoms with van der Waals surface area (Å²) >= 11 is 16.6. The summed E-state index contributed by atoms with van der Waals surface area (Å²) < 4.78 is 10.5. The van der Waals surface area contributed by atoms with E-state index >= 15 is 0 Å². The van der Waals surface area contributed by atoms with Crippen molar-refractivity contribution < 1.29 is 19.1 Å². The van der Waals surface area contributed by atoms with Crippen molar-refractivity contribution in [2.24, 2.45) is 0 Å². The molecule has 4 rings (SSSR count). The summed E-state index contributed by atoms with van der Waals surface area (Å²) in [6, 6.07) is 3.76. The molecule has 2 fully saturated rings. The van der Waals surface area contributed by atoms with E-state index in [1.54, 1.807) is 12.3 Å². The molecule has 2 aromatic heterocycles. The number of nitrogens with zero attached hydrogens (tertiary/aromatic N) is 5. The van der Waals surface area contributed by atoms with Crippen LogP contribution in [0.4, 0.5) is 15.4 Å². The first-order valence-electron chi connectivity index (χ1n) is 14.5. The third-order valence-corrected chi connectivity index (χ3v) is 6.57. The number of halogens is 3. The standard InChI is InChI=1S/C14H21ClN4O2.C11H21NO2.C4H2Cl2N2.CH4/c1-14(2,3)21-13(20)17-10-5-4-8-19(9-10)11-6-7-16-12(15)18-11;1-11(2,3)14-10(13)12-9-7-5-4-6-8-9;5-3-1-2-7-4(6)8-3;/h6-7,10H,4-5,8-9H2,1-3H3,(H,17,20);9H,4-8H2,1-3H3,(H,12,13);1-2H;1H4. The van der Waals surface area contributed by atoms with E-state index < -0.39 is 11.2 Å². The lowest BCUT2D eigenvalue weighted by Gasteiger charge is -2.34. The van der Waals surface area contributed by atoms with E-state index in [2.05, 4.69) is 35.5 Å². The van der Waals surface area contributed by atoms with E-state index in [1.807, 2.05) is 47.6 Å².